The molecule has 2 aliphatic carbocycles. The Labute approximate surface area is 163 Å². The van der Waals surface area contributed by atoms with Gasteiger partial charge in [0.2, 0.25) is 17.7 Å². The van der Waals surface area contributed by atoms with E-state index in [0.29, 0.717) is 19.6 Å². The molecule has 2 bridgehead atoms. The number of allylic oxidation sites excluding steroid dienone is 2. The van der Waals surface area contributed by atoms with Crippen molar-refractivity contribution in [2.45, 2.75) is 19.9 Å². The number of rotatable bonds is 4. The minimum atomic E-state index is -0.238. The van der Waals surface area contributed by atoms with Crippen molar-refractivity contribution in [1.82, 2.24) is 19.9 Å². The van der Waals surface area contributed by atoms with Gasteiger partial charge in [0.1, 0.15) is 6.54 Å². The van der Waals surface area contributed by atoms with Crippen molar-refractivity contribution in [3.63, 3.8) is 0 Å². The molecule has 28 heavy (non-hydrogen) atoms. The Hall–Kier alpha value is -2.48. The third kappa shape index (κ3) is 2.78. The van der Waals surface area contributed by atoms with Crippen molar-refractivity contribution in [3.05, 3.63) is 29.7 Å². The summed E-state index contributed by atoms with van der Waals surface area (Å²) in [5.41, 5.74) is 0.858. The first-order valence-corrected chi connectivity index (χ1v) is 9.97. The number of carbonyl (C=O) groups is 3. The highest BCUT2D eigenvalue weighted by atomic mass is 16.5. The molecule has 0 aromatic carbocycles. The molecule has 4 aliphatic rings. The SMILES string of the molecule is Cc1cc(CN2CCN(C(=O)CN3C(=O)C4C5C=CC(C5)C4C3=O)CC2)on1. The number of nitrogens with zero attached hydrogens (tertiary/aromatic N) is 4. The maximum Gasteiger partial charge on any atom is 0.242 e. The first kappa shape index (κ1) is 17.6. The van der Waals surface area contributed by atoms with Crippen molar-refractivity contribution in [2.75, 3.05) is 32.7 Å². The van der Waals surface area contributed by atoms with E-state index in [9.17, 15) is 14.4 Å². The van der Waals surface area contributed by atoms with Crippen molar-refractivity contribution in [3.8, 4) is 0 Å². The smallest absolute Gasteiger partial charge is 0.242 e. The van der Waals surface area contributed by atoms with Crippen LogP contribution in [0.4, 0.5) is 0 Å². The second-order valence-corrected chi connectivity index (χ2v) is 8.35. The first-order valence-electron chi connectivity index (χ1n) is 9.97. The summed E-state index contributed by atoms with van der Waals surface area (Å²) in [6.45, 7) is 5.07. The summed E-state index contributed by atoms with van der Waals surface area (Å²) in [5, 5.41) is 3.90. The van der Waals surface area contributed by atoms with Crippen LogP contribution >= 0.6 is 0 Å². The monoisotopic (exact) mass is 384 g/mol. The van der Waals surface area contributed by atoms with Crippen LogP contribution in [0, 0.1) is 30.6 Å². The minimum absolute atomic E-state index is 0.120. The van der Waals surface area contributed by atoms with Gasteiger partial charge in [-0.1, -0.05) is 17.3 Å². The van der Waals surface area contributed by atoms with Crippen LogP contribution in [0.25, 0.3) is 0 Å². The molecule has 1 aromatic heterocycles. The van der Waals surface area contributed by atoms with Gasteiger partial charge in [-0.2, -0.15) is 0 Å². The zero-order valence-corrected chi connectivity index (χ0v) is 15.9. The van der Waals surface area contributed by atoms with Crippen LogP contribution in [0.1, 0.15) is 17.9 Å². The van der Waals surface area contributed by atoms with Crippen molar-refractivity contribution >= 4 is 17.7 Å². The number of fused-ring (bicyclic) bond motifs is 5. The largest absolute Gasteiger partial charge is 0.360 e. The number of hydrogen-bond donors (Lipinski definition) is 0. The zero-order valence-electron chi connectivity index (χ0n) is 15.9. The normalized spacial score (nSPS) is 31.9. The summed E-state index contributed by atoms with van der Waals surface area (Å²) in [7, 11) is 0. The van der Waals surface area contributed by atoms with E-state index >= 15 is 0 Å². The van der Waals surface area contributed by atoms with Gasteiger partial charge < -0.3 is 9.42 Å². The van der Waals surface area contributed by atoms with Gasteiger partial charge in [0.25, 0.3) is 0 Å². The molecule has 3 amide bonds. The molecular weight excluding hydrogens is 360 g/mol. The van der Waals surface area contributed by atoms with E-state index in [1.165, 1.54) is 4.90 Å². The topological polar surface area (TPSA) is 87.0 Å². The van der Waals surface area contributed by atoms with Gasteiger partial charge in [0.15, 0.2) is 5.76 Å². The Morgan fingerprint density at radius 3 is 2.32 bits per heavy atom. The van der Waals surface area contributed by atoms with Crippen LogP contribution < -0.4 is 0 Å². The fraction of sp³-hybridized carbons (Fsp3) is 0.600. The number of aryl methyl sites for hydroxylation is 1. The second-order valence-electron chi connectivity index (χ2n) is 8.35. The summed E-state index contributed by atoms with van der Waals surface area (Å²) in [6.07, 6.45) is 5.04. The van der Waals surface area contributed by atoms with Gasteiger partial charge in [0, 0.05) is 32.2 Å². The van der Waals surface area contributed by atoms with Crippen molar-refractivity contribution in [2.24, 2.45) is 23.7 Å². The van der Waals surface area contributed by atoms with Gasteiger partial charge in [-0.05, 0) is 25.2 Å². The van der Waals surface area contributed by atoms with Crippen LogP contribution in [-0.2, 0) is 20.9 Å². The Bertz CT molecular complexity index is 824. The fourth-order valence-electron chi connectivity index (χ4n) is 5.22. The molecule has 3 heterocycles. The zero-order chi connectivity index (χ0) is 19.4. The van der Waals surface area contributed by atoms with Crippen LogP contribution in [0.15, 0.2) is 22.7 Å². The molecule has 8 nitrogen and oxygen atoms in total. The number of amides is 3. The average molecular weight is 384 g/mol. The fourth-order valence-corrected chi connectivity index (χ4v) is 5.22. The molecule has 3 fully saturated rings. The number of likely N-dealkylation sites (tertiary alicyclic amines) is 1. The Morgan fingerprint density at radius 2 is 1.75 bits per heavy atom. The summed E-state index contributed by atoms with van der Waals surface area (Å²) in [4.78, 5) is 43.4. The molecule has 0 radical (unpaired) electrons. The van der Waals surface area contributed by atoms with E-state index < -0.39 is 0 Å². The highest BCUT2D eigenvalue weighted by molar-refractivity contribution is 6.08. The Kier molecular flexibility index (Phi) is 4.12. The first-order chi connectivity index (χ1) is 13.5. The summed E-state index contributed by atoms with van der Waals surface area (Å²) in [6, 6.07) is 1.92. The number of imide groups is 1. The third-order valence-corrected chi connectivity index (χ3v) is 6.64. The quantitative estimate of drug-likeness (QED) is 0.553. The van der Waals surface area contributed by atoms with E-state index in [-0.39, 0.29) is 47.9 Å². The minimum Gasteiger partial charge on any atom is -0.360 e. The maximum atomic E-state index is 12.7. The van der Waals surface area contributed by atoms with Crippen molar-refractivity contribution in [1.29, 1.82) is 0 Å². The second kappa shape index (κ2) is 6.55. The number of piperazine rings is 1. The lowest BCUT2D eigenvalue weighted by Gasteiger charge is -2.34. The summed E-state index contributed by atoms with van der Waals surface area (Å²) in [5.74, 6) is 0.246. The number of carbonyl (C=O) groups excluding carboxylic acids is 3. The van der Waals surface area contributed by atoms with E-state index in [2.05, 4.69) is 22.2 Å². The molecule has 0 spiro atoms. The van der Waals surface area contributed by atoms with Gasteiger partial charge in [0.05, 0.1) is 24.1 Å². The van der Waals surface area contributed by atoms with E-state index in [0.717, 1.165) is 31.0 Å². The number of aromatic nitrogens is 1. The molecule has 5 rings (SSSR count). The maximum absolute atomic E-state index is 12.7. The molecule has 148 valence electrons. The average Bonchev–Trinajstić information content (AvgIpc) is 3.44. The van der Waals surface area contributed by atoms with Crippen molar-refractivity contribution < 1.29 is 18.9 Å². The van der Waals surface area contributed by atoms with E-state index in [4.69, 9.17) is 4.52 Å². The molecular formula is C20H24N4O4. The van der Waals surface area contributed by atoms with Gasteiger partial charge in [-0.15, -0.1) is 0 Å². The number of hydrogen-bond acceptors (Lipinski definition) is 6. The highest BCUT2D eigenvalue weighted by Gasteiger charge is 2.59. The molecule has 1 saturated carbocycles. The lowest BCUT2D eigenvalue weighted by molar-refractivity contribution is -0.147. The van der Waals surface area contributed by atoms with E-state index in [1.54, 1.807) is 4.90 Å². The molecule has 0 N–H and O–H groups in total. The van der Waals surface area contributed by atoms with Crippen LogP contribution in [0.2, 0.25) is 0 Å². The van der Waals surface area contributed by atoms with Gasteiger partial charge in [-0.3, -0.25) is 24.2 Å². The molecule has 2 saturated heterocycles. The van der Waals surface area contributed by atoms with Gasteiger partial charge in [-0.25, -0.2) is 0 Å². The Balaban J connectivity index is 1.16. The third-order valence-electron chi connectivity index (χ3n) is 6.64. The predicted molar refractivity (Wildman–Crippen MR) is 97.5 cm³/mol. The summed E-state index contributed by atoms with van der Waals surface area (Å²) >= 11 is 0. The predicted octanol–water partition coefficient (Wildman–Crippen LogP) is 0.434. The van der Waals surface area contributed by atoms with E-state index in [1.807, 2.05) is 13.0 Å². The molecule has 2 aliphatic heterocycles. The Morgan fingerprint density at radius 1 is 1.11 bits per heavy atom. The lowest BCUT2D eigenvalue weighted by Crippen LogP contribution is -2.51. The standard InChI is InChI=1S/C20H24N4O4/c1-12-8-15(28-21-12)10-22-4-6-23(7-5-22)16(25)11-24-19(26)17-13-2-3-14(9-13)18(17)20(24)27/h2-3,8,13-14,17-18H,4-7,9-11H2,1H3. The summed E-state index contributed by atoms with van der Waals surface area (Å²) < 4.78 is 5.25. The van der Waals surface area contributed by atoms with Crippen LogP contribution in [0.5, 0.6) is 0 Å². The lowest BCUT2D eigenvalue weighted by atomic mass is 9.85. The van der Waals surface area contributed by atoms with Crippen LogP contribution in [0.3, 0.4) is 0 Å². The molecule has 8 heteroatoms. The van der Waals surface area contributed by atoms with Gasteiger partial charge >= 0.3 is 0 Å². The highest BCUT2D eigenvalue weighted by Crippen LogP contribution is 2.52. The molecule has 4 unspecified atom stereocenters. The molecule has 1 aromatic rings. The van der Waals surface area contributed by atoms with Crippen LogP contribution in [-0.4, -0.2) is 70.3 Å². The molecule has 4 atom stereocenters.